The van der Waals surface area contributed by atoms with E-state index in [9.17, 15) is 4.79 Å². The second-order valence-corrected chi connectivity index (χ2v) is 6.19. The molecule has 1 aromatic heterocycles. The van der Waals surface area contributed by atoms with Gasteiger partial charge in [0.25, 0.3) is 0 Å². The predicted octanol–water partition coefficient (Wildman–Crippen LogP) is 2.85. The van der Waals surface area contributed by atoms with Crippen molar-refractivity contribution < 1.29 is 4.79 Å². The van der Waals surface area contributed by atoms with Crippen molar-refractivity contribution in [2.75, 3.05) is 5.32 Å². The number of carbonyl (C=O) groups is 1. The third-order valence-corrected chi connectivity index (χ3v) is 4.35. The third-order valence-electron chi connectivity index (χ3n) is 4.35. The molecule has 0 saturated carbocycles. The lowest BCUT2D eigenvalue weighted by molar-refractivity contribution is -0.117. The smallest absolute Gasteiger partial charge is 0.226 e. The van der Waals surface area contributed by atoms with Gasteiger partial charge in [0.15, 0.2) is 5.78 Å². The number of rotatable bonds is 1. The molecule has 2 atom stereocenters. The molecule has 2 aromatic rings. The van der Waals surface area contributed by atoms with E-state index in [0.29, 0.717) is 18.2 Å². The molecule has 0 amide bonds. The molecule has 2 aliphatic rings. The molecule has 5 nitrogen and oxygen atoms in total. The number of carbonyl (C=O) groups excluding carboxylic acids is 1. The lowest BCUT2D eigenvalue weighted by atomic mass is 9.81. The van der Waals surface area contributed by atoms with Crippen LogP contribution < -0.4 is 5.32 Å². The molecule has 0 unspecified atom stereocenters. The Kier molecular flexibility index (Phi) is 2.89. The van der Waals surface area contributed by atoms with E-state index in [-0.39, 0.29) is 11.8 Å². The summed E-state index contributed by atoms with van der Waals surface area (Å²) >= 11 is 0. The molecule has 0 bridgehead atoms. The Balaban J connectivity index is 1.92. The summed E-state index contributed by atoms with van der Waals surface area (Å²) in [6, 6.07) is 9.90. The Morgan fingerprint density at radius 2 is 2.00 bits per heavy atom. The highest BCUT2D eigenvalue weighted by Crippen LogP contribution is 2.41. The van der Waals surface area contributed by atoms with Gasteiger partial charge in [-0.15, -0.1) is 0 Å². The number of hydrogen-bond donors (Lipinski definition) is 1. The maximum Gasteiger partial charge on any atom is 0.226 e. The first-order valence-corrected chi connectivity index (χ1v) is 7.65. The van der Waals surface area contributed by atoms with Crippen molar-refractivity contribution in [1.82, 2.24) is 14.8 Å². The largest absolute Gasteiger partial charge is 0.328 e. The average Bonchev–Trinajstić information content (AvgIpc) is 2.85. The van der Waals surface area contributed by atoms with E-state index in [4.69, 9.17) is 0 Å². The number of aromatic nitrogens is 3. The number of nitrogens with one attached hydrogen (secondary N) is 1. The van der Waals surface area contributed by atoms with Crippen molar-refractivity contribution in [3.63, 3.8) is 0 Å². The van der Waals surface area contributed by atoms with Crippen LogP contribution in [0.4, 0.5) is 5.95 Å². The summed E-state index contributed by atoms with van der Waals surface area (Å²) in [6.07, 6.45) is 1.49. The molecule has 22 heavy (non-hydrogen) atoms. The number of hydrogen-bond acceptors (Lipinski definition) is 4. The Hall–Kier alpha value is -2.43. The molecule has 0 saturated heterocycles. The average molecular weight is 294 g/mol. The normalized spacial score (nSPS) is 23.8. The first-order chi connectivity index (χ1) is 10.6. The molecule has 1 aliphatic heterocycles. The molecule has 0 fully saturated rings. The van der Waals surface area contributed by atoms with Crippen LogP contribution in [0.15, 0.2) is 41.6 Å². The van der Waals surface area contributed by atoms with Gasteiger partial charge in [-0.2, -0.15) is 10.1 Å². The van der Waals surface area contributed by atoms with Gasteiger partial charge in [-0.25, -0.2) is 4.68 Å². The van der Waals surface area contributed by atoms with Gasteiger partial charge in [0.1, 0.15) is 11.9 Å². The highest BCUT2D eigenvalue weighted by Gasteiger charge is 2.38. The quantitative estimate of drug-likeness (QED) is 0.878. The standard InChI is InChI=1S/C17H18N4O/c1-10-8-13-15(14(22)9-10)16(12-6-4-3-5-7-12)21-17(19-13)18-11(2)20-21/h3-7,10,16H,8-9H2,1-2H3,(H,18,19,20)/t10-,16+/m1/s1. The van der Waals surface area contributed by atoms with Gasteiger partial charge in [-0.1, -0.05) is 37.3 Å². The number of Topliss-reactive ketones (excluding diaryl/α,β-unsaturated/α-hetero) is 1. The van der Waals surface area contributed by atoms with Crippen molar-refractivity contribution in [3.05, 3.63) is 53.0 Å². The topological polar surface area (TPSA) is 59.8 Å². The summed E-state index contributed by atoms with van der Waals surface area (Å²) in [6.45, 7) is 3.99. The number of ketones is 1. The monoisotopic (exact) mass is 294 g/mol. The fourth-order valence-corrected chi connectivity index (χ4v) is 3.46. The van der Waals surface area contributed by atoms with E-state index < -0.39 is 0 Å². The fourth-order valence-electron chi connectivity index (χ4n) is 3.46. The van der Waals surface area contributed by atoms with Crippen LogP contribution in [0.1, 0.15) is 37.2 Å². The van der Waals surface area contributed by atoms with Crippen LogP contribution in [0.5, 0.6) is 0 Å². The van der Waals surface area contributed by atoms with Gasteiger partial charge < -0.3 is 5.32 Å². The second-order valence-electron chi connectivity index (χ2n) is 6.19. The van der Waals surface area contributed by atoms with Crippen LogP contribution in [-0.2, 0) is 4.79 Å². The SMILES string of the molecule is Cc1nc2n(n1)[C@@H](c1ccccc1)C1=C(C[C@@H](C)CC1=O)N2. The number of nitrogens with zero attached hydrogens (tertiary/aromatic N) is 3. The zero-order chi connectivity index (χ0) is 15.3. The zero-order valence-electron chi connectivity index (χ0n) is 12.7. The third kappa shape index (κ3) is 1.96. The first-order valence-electron chi connectivity index (χ1n) is 7.65. The Morgan fingerprint density at radius 1 is 1.23 bits per heavy atom. The van der Waals surface area contributed by atoms with Gasteiger partial charge in [-0.3, -0.25) is 4.79 Å². The lowest BCUT2D eigenvalue weighted by Gasteiger charge is -2.34. The minimum atomic E-state index is -0.173. The van der Waals surface area contributed by atoms with Crippen molar-refractivity contribution in [3.8, 4) is 0 Å². The molecule has 0 radical (unpaired) electrons. The van der Waals surface area contributed by atoms with Crippen molar-refractivity contribution in [2.45, 2.75) is 32.7 Å². The Bertz CT molecular complexity index is 775. The molecule has 1 aromatic carbocycles. The highest BCUT2D eigenvalue weighted by atomic mass is 16.1. The Labute approximate surface area is 129 Å². The maximum atomic E-state index is 12.7. The van der Waals surface area contributed by atoms with Crippen molar-refractivity contribution >= 4 is 11.7 Å². The number of benzene rings is 1. The van der Waals surface area contributed by atoms with Gasteiger partial charge in [0.2, 0.25) is 5.95 Å². The van der Waals surface area contributed by atoms with Crippen LogP contribution in [0.2, 0.25) is 0 Å². The minimum absolute atomic E-state index is 0.173. The van der Waals surface area contributed by atoms with Crippen LogP contribution in [0.3, 0.4) is 0 Å². The summed E-state index contributed by atoms with van der Waals surface area (Å²) < 4.78 is 1.84. The number of anilines is 1. The second kappa shape index (κ2) is 4.80. The number of fused-ring (bicyclic) bond motifs is 1. The highest BCUT2D eigenvalue weighted by molar-refractivity contribution is 5.99. The van der Waals surface area contributed by atoms with Crippen molar-refractivity contribution in [1.29, 1.82) is 0 Å². The number of aryl methyl sites for hydroxylation is 1. The molecule has 0 spiro atoms. The molecule has 112 valence electrons. The van der Waals surface area contributed by atoms with E-state index in [2.05, 4.69) is 22.3 Å². The molecular weight excluding hydrogens is 276 g/mol. The summed E-state index contributed by atoms with van der Waals surface area (Å²) in [5.74, 6) is 2.02. The minimum Gasteiger partial charge on any atom is -0.328 e. The molecule has 1 N–H and O–H groups in total. The van der Waals surface area contributed by atoms with E-state index in [1.165, 1.54) is 0 Å². The molecule has 1 aliphatic carbocycles. The summed E-state index contributed by atoms with van der Waals surface area (Å²) in [4.78, 5) is 17.1. The fraction of sp³-hybridized carbons (Fsp3) is 0.353. The summed E-state index contributed by atoms with van der Waals surface area (Å²) in [7, 11) is 0. The molecular formula is C17H18N4O. The van der Waals surface area contributed by atoms with Crippen LogP contribution >= 0.6 is 0 Å². The first kappa shape index (κ1) is 13.2. The van der Waals surface area contributed by atoms with E-state index in [1.54, 1.807) is 0 Å². The summed E-state index contributed by atoms with van der Waals surface area (Å²) in [5.41, 5.74) is 2.93. The summed E-state index contributed by atoms with van der Waals surface area (Å²) in [5, 5.41) is 7.84. The van der Waals surface area contributed by atoms with Crippen molar-refractivity contribution in [2.24, 2.45) is 5.92 Å². The van der Waals surface area contributed by atoms with E-state index in [0.717, 1.165) is 29.2 Å². The van der Waals surface area contributed by atoms with E-state index >= 15 is 0 Å². The van der Waals surface area contributed by atoms with Crippen LogP contribution in [-0.4, -0.2) is 20.5 Å². The predicted molar refractivity (Wildman–Crippen MR) is 83.4 cm³/mol. The van der Waals surface area contributed by atoms with Crippen LogP contribution in [0.25, 0.3) is 0 Å². The van der Waals surface area contributed by atoms with Gasteiger partial charge in [0.05, 0.1) is 0 Å². The molecule has 5 heteroatoms. The maximum absolute atomic E-state index is 12.7. The number of allylic oxidation sites excluding steroid dienone is 2. The van der Waals surface area contributed by atoms with Crippen LogP contribution in [0, 0.1) is 12.8 Å². The van der Waals surface area contributed by atoms with Gasteiger partial charge in [0, 0.05) is 17.7 Å². The molecule has 2 heterocycles. The molecule has 4 rings (SSSR count). The lowest BCUT2D eigenvalue weighted by Crippen LogP contribution is -2.33. The Morgan fingerprint density at radius 3 is 2.77 bits per heavy atom. The van der Waals surface area contributed by atoms with Gasteiger partial charge >= 0.3 is 0 Å². The zero-order valence-corrected chi connectivity index (χ0v) is 12.7. The van der Waals surface area contributed by atoms with Gasteiger partial charge in [-0.05, 0) is 24.8 Å². The van der Waals surface area contributed by atoms with E-state index in [1.807, 2.05) is 41.9 Å².